The lowest BCUT2D eigenvalue weighted by molar-refractivity contribution is -0.147. The molecule has 0 amide bonds. The zero-order valence-corrected chi connectivity index (χ0v) is 8.34. The second kappa shape index (κ2) is 5.70. The van der Waals surface area contributed by atoms with E-state index < -0.39 is 49.0 Å². The molecule has 0 aromatic heterocycles. The van der Waals surface area contributed by atoms with E-state index in [4.69, 9.17) is 20.6 Å². The summed E-state index contributed by atoms with van der Waals surface area (Å²) in [5, 5.41) is 34.4. The van der Waals surface area contributed by atoms with Crippen LogP contribution in [0.3, 0.4) is 0 Å². The molecule has 0 aliphatic heterocycles. The molecule has 0 aromatic carbocycles. The lowest BCUT2D eigenvalue weighted by Crippen LogP contribution is -2.31. The monoisotopic (exact) mass is 229 g/mol. The average Bonchev–Trinajstić information content (AvgIpc) is 2.17. The number of nitrogens with zero attached hydrogens (tertiary/aromatic N) is 1. The number of hydrogen-bond acceptors (Lipinski definition) is 4. The Balaban J connectivity index is 4.73. The molecule has 0 bridgehead atoms. The van der Waals surface area contributed by atoms with Gasteiger partial charge >= 0.3 is 17.9 Å². The van der Waals surface area contributed by atoms with E-state index in [1.54, 1.807) is 0 Å². The highest BCUT2D eigenvalue weighted by Crippen LogP contribution is 2.29. The van der Waals surface area contributed by atoms with Gasteiger partial charge in [0.2, 0.25) is 0 Å². The summed E-state index contributed by atoms with van der Waals surface area (Å²) >= 11 is 0. The standard InChI is InChI=1S/C9H11NO6/c10-5-9(8(15)16,3-1-6(11)12)4-2-7(13)14/h1-4H2,(H,11,12)(H,13,14)(H,15,16). The zero-order chi connectivity index (χ0) is 12.8. The van der Waals surface area contributed by atoms with E-state index in [0.29, 0.717) is 0 Å². The topological polar surface area (TPSA) is 136 Å². The van der Waals surface area contributed by atoms with Crippen molar-refractivity contribution in [2.24, 2.45) is 5.41 Å². The first kappa shape index (κ1) is 13.9. The number of carbonyl (C=O) groups is 3. The van der Waals surface area contributed by atoms with Gasteiger partial charge in [-0.2, -0.15) is 5.26 Å². The van der Waals surface area contributed by atoms with Gasteiger partial charge in [-0.3, -0.25) is 14.4 Å². The third-order valence-electron chi connectivity index (χ3n) is 2.15. The van der Waals surface area contributed by atoms with E-state index in [1.165, 1.54) is 6.07 Å². The zero-order valence-electron chi connectivity index (χ0n) is 8.34. The molecule has 16 heavy (non-hydrogen) atoms. The smallest absolute Gasteiger partial charge is 0.324 e. The van der Waals surface area contributed by atoms with E-state index in [2.05, 4.69) is 0 Å². The number of nitriles is 1. The van der Waals surface area contributed by atoms with Gasteiger partial charge in [0.25, 0.3) is 0 Å². The van der Waals surface area contributed by atoms with Crippen LogP contribution in [0.5, 0.6) is 0 Å². The van der Waals surface area contributed by atoms with Crippen molar-refractivity contribution in [1.82, 2.24) is 0 Å². The molecule has 0 radical (unpaired) electrons. The molecule has 0 fully saturated rings. The molecule has 0 atom stereocenters. The van der Waals surface area contributed by atoms with Crippen LogP contribution in [0.25, 0.3) is 0 Å². The number of carboxylic acids is 3. The van der Waals surface area contributed by atoms with Crippen LogP contribution in [0.2, 0.25) is 0 Å². The minimum atomic E-state index is -1.93. The van der Waals surface area contributed by atoms with Crippen LogP contribution < -0.4 is 0 Å². The Morgan fingerprint density at radius 2 is 1.38 bits per heavy atom. The van der Waals surface area contributed by atoms with Gasteiger partial charge < -0.3 is 15.3 Å². The third-order valence-corrected chi connectivity index (χ3v) is 2.15. The molecule has 0 aromatic rings. The summed E-state index contributed by atoms with van der Waals surface area (Å²) in [4.78, 5) is 31.5. The predicted molar refractivity (Wildman–Crippen MR) is 49.4 cm³/mol. The predicted octanol–water partition coefficient (Wildman–Crippen LogP) is 0.311. The van der Waals surface area contributed by atoms with E-state index >= 15 is 0 Å². The fourth-order valence-electron chi connectivity index (χ4n) is 1.14. The summed E-state index contributed by atoms with van der Waals surface area (Å²) in [5.41, 5.74) is -1.93. The molecule has 0 aliphatic carbocycles. The lowest BCUT2D eigenvalue weighted by Gasteiger charge is -2.19. The molecule has 3 N–H and O–H groups in total. The van der Waals surface area contributed by atoms with Gasteiger partial charge in [0.1, 0.15) is 0 Å². The Morgan fingerprint density at radius 3 is 1.56 bits per heavy atom. The van der Waals surface area contributed by atoms with Gasteiger partial charge in [0, 0.05) is 12.8 Å². The van der Waals surface area contributed by atoms with Crippen molar-refractivity contribution in [3.05, 3.63) is 0 Å². The van der Waals surface area contributed by atoms with E-state index in [1.807, 2.05) is 0 Å². The fourth-order valence-corrected chi connectivity index (χ4v) is 1.14. The molecule has 0 spiro atoms. The van der Waals surface area contributed by atoms with Crippen molar-refractivity contribution < 1.29 is 29.7 Å². The Bertz CT molecular complexity index is 324. The van der Waals surface area contributed by atoms with Crippen LogP contribution in [0, 0.1) is 16.7 Å². The van der Waals surface area contributed by atoms with Crippen molar-refractivity contribution in [2.45, 2.75) is 25.7 Å². The van der Waals surface area contributed by atoms with Crippen molar-refractivity contribution in [3.63, 3.8) is 0 Å². The van der Waals surface area contributed by atoms with Crippen molar-refractivity contribution in [1.29, 1.82) is 5.26 Å². The second-order valence-electron chi connectivity index (χ2n) is 3.29. The minimum absolute atomic E-state index is 0.401. The maximum atomic E-state index is 10.9. The first-order valence-corrected chi connectivity index (χ1v) is 4.42. The van der Waals surface area contributed by atoms with Gasteiger partial charge in [0.05, 0.1) is 6.07 Å². The van der Waals surface area contributed by atoms with Gasteiger partial charge in [-0.15, -0.1) is 0 Å². The quantitative estimate of drug-likeness (QED) is 0.571. The highest BCUT2D eigenvalue weighted by molar-refractivity contribution is 5.80. The lowest BCUT2D eigenvalue weighted by atomic mass is 9.80. The molecular formula is C9H11NO6. The second-order valence-corrected chi connectivity index (χ2v) is 3.29. The molecule has 0 saturated carbocycles. The van der Waals surface area contributed by atoms with Crippen molar-refractivity contribution >= 4 is 17.9 Å². The van der Waals surface area contributed by atoms with Crippen LogP contribution in [-0.4, -0.2) is 33.2 Å². The molecule has 0 unspecified atom stereocenters. The van der Waals surface area contributed by atoms with Gasteiger partial charge in [-0.25, -0.2) is 0 Å². The van der Waals surface area contributed by atoms with Gasteiger partial charge in [-0.05, 0) is 12.8 Å². The molecule has 88 valence electrons. The SMILES string of the molecule is N#CC(CCC(=O)O)(CCC(=O)O)C(=O)O. The Kier molecular flexibility index (Phi) is 4.95. The maximum Gasteiger partial charge on any atom is 0.324 e. The van der Waals surface area contributed by atoms with Crippen molar-refractivity contribution in [2.75, 3.05) is 0 Å². The van der Waals surface area contributed by atoms with Gasteiger partial charge in [0.15, 0.2) is 5.41 Å². The number of hydrogen-bond donors (Lipinski definition) is 3. The fraction of sp³-hybridized carbons (Fsp3) is 0.556. The number of carboxylic acid groups (broad SMARTS) is 3. The van der Waals surface area contributed by atoms with E-state index in [-0.39, 0.29) is 0 Å². The average molecular weight is 229 g/mol. The molecule has 0 heterocycles. The molecule has 0 saturated heterocycles. The number of rotatable bonds is 7. The summed E-state index contributed by atoms with van der Waals surface area (Å²) in [6.07, 6.45) is -1.78. The summed E-state index contributed by atoms with van der Waals surface area (Å²) < 4.78 is 0. The van der Waals surface area contributed by atoms with Crippen LogP contribution >= 0.6 is 0 Å². The van der Waals surface area contributed by atoms with Crippen molar-refractivity contribution in [3.8, 4) is 6.07 Å². The van der Waals surface area contributed by atoms with Crippen LogP contribution in [-0.2, 0) is 14.4 Å². The molecule has 0 aliphatic rings. The van der Waals surface area contributed by atoms with Gasteiger partial charge in [-0.1, -0.05) is 0 Å². The minimum Gasteiger partial charge on any atom is -0.481 e. The summed E-state index contributed by atoms with van der Waals surface area (Å²) in [6, 6.07) is 1.50. The molecular weight excluding hydrogens is 218 g/mol. The molecule has 7 heteroatoms. The highest BCUT2D eigenvalue weighted by Gasteiger charge is 2.39. The number of aliphatic carboxylic acids is 3. The normalized spacial score (nSPS) is 10.4. The summed E-state index contributed by atoms with van der Waals surface area (Å²) in [5.74, 6) is -3.94. The Hall–Kier alpha value is -2.10. The molecule has 0 rings (SSSR count). The van der Waals surface area contributed by atoms with E-state index in [9.17, 15) is 14.4 Å². The largest absolute Gasteiger partial charge is 0.481 e. The first-order valence-electron chi connectivity index (χ1n) is 4.42. The van der Waals surface area contributed by atoms with Crippen LogP contribution in [0.1, 0.15) is 25.7 Å². The third kappa shape index (κ3) is 3.96. The van der Waals surface area contributed by atoms with Crippen LogP contribution in [0.15, 0.2) is 0 Å². The highest BCUT2D eigenvalue weighted by atomic mass is 16.4. The summed E-state index contributed by atoms with van der Waals surface area (Å²) in [7, 11) is 0. The summed E-state index contributed by atoms with van der Waals surface area (Å²) in [6.45, 7) is 0. The van der Waals surface area contributed by atoms with Crippen LogP contribution in [0.4, 0.5) is 0 Å². The maximum absolute atomic E-state index is 10.9. The molecule has 7 nitrogen and oxygen atoms in total. The first-order chi connectivity index (χ1) is 7.34. The van der Waals surface area contributed by atoms with E-state index in [0.717, 1.165) is 0 Å². The Labute approximate surface area is 90.9 Å². The Morgan fingerprint density at radius 1 is 1.00 bits per heavy atom.